The van der Waals surface area contributed by atoms with E-state index >= 15 is 0 Å². The molecule has 122 valence electrons. The van der Waals surface area contributed by atoms with Crippen LogP contribution in [0.1, 0.15) is 32.0 Å². The van der Waals surface area contributed by atoms with Crippen molar-refractivity contribution in [3.05, 3.63) is 12.2 Å². The van der Waals surface area contributed by atoms with Crippen molar-refractivity contribution in [3.8, 4) is 0 Å². The molecule has 1 amide bonds. The maximum absolute atomic E-state index is 13.0. The summed E-state index contributed by atoms with van der Waals surface area (Å²) in [6.07, 6.45) is 1.00. The van der Waals surface area contributed by atoms with Gasteiger partial charge in [-0.1, -0.05) is 13.8 Å². The summed E-state index contributed by atoms with van der Waals surface area (Å²) < 4.78 is 14.9. The molecule has 2 atom stereocenters. The van der Waals surface area contributed by atoms with Crippen molar-refractivity contribution < 1.29 is 9.18 Å². The molecule has 2 heterocycles. The van der Waals surface area contributed by atoms with Gasteiger partial charge in [-0.3, -0.25) is 4.79 Å². The second-order valence-electron chi connectivity index (χ2n) is 5.12. The number of rotatable bonds is 5. The van der Waals surface area contributed by atoms with Crippen molar-refractivity contribution in [2.75, 3.05) is 13.1 Å². The van der Waals surface area contributed by atoms with Crippen LogP contribution >= 0.6 is 24.8 Å². The third-order valence-electron chi connectivity index (χ3n) is 3.21. The molecule has 0 unspecified atom stereocenters. The normalized spacial score (nSPS) is 20.8. The van der Waals surface area contributed by atoms with E-state index in [2.05, 4.69) is 20.8 Å². The highest BCUT2D eigenvalue weighted by atomic mass is 35.5. The van der Waals surface area contributed by atoms with Crippen molar-refractivity contribution in [1.29, 1.82) is 0 Å². The number of amides is 1. The lowest BCUT2D eigenvalue weighted by molar-refractivity contribution is -0.122. The number of halogens is 3. The van der Waals surface area contributed by atoms with Gasteiger partial charge in [0.1, 0.15) is 18.3 Å². The highest BCUT2D eigenvalue weighted by Crippen LogP contribution is 2.11. The van der Waals surface area contributed by atoms with Crippen LogP contribution in [0.4, 0.5) is 4.39 Å². The summed E-state index contributed by atoms with van der Waals surface area (Å²) in [7, 11) is 0. The van der Waals surface area contributed by atoms with Gasteiger partial charge in [0.25, 0.3) is 0 Å². The third kappa shape index (κ3) is 5.41. The average molecular weight is 342 g/mol. The van der Waals surface area contributed by atoms with Crippen LogP contribution in [0.15, 0.2) is 6.33 Å². The van der Waals surface area contributed by atoms with E-state index in [1.807, 2.05) is 18.4 Å². The molecule has 0 saturated carbocycles. The van der Waals surface area contributed by atoms with E-state index in [1.54, 1.807) is 6.33 Å². The first-order chi connectivity index (χ1) is 9.08. The zero-order valence-corrected chi connectivity index (χ0v) is 13.7. The molecule has 0 aromatic carbocycles. The van der Waals surface area contributed by atoms with Gasteiger partial charge in [0.05, 0.1) is 6.04 Å². The Morgan fingerprint density at radius 2 is 2.29 bits per heavy atom. The molecule has 2 rings (SSSR count). The number of alkyl halides is 1. The number of nitrogens with zero attached hydrogens (tertiary/aromatic N) is 3. The molecule has 0 radical (unpaired) electrons. The minimum absolute atomic E-state index is 0. The fraction of sp³-hybridized carbons (Fsp3) is 0.750. The average Bonchev–Trinajstić information content (AvgIpc) is 2.97. The van der Waals surface area contributed by atoms with Crippen LogP contribution < -0.4 is 10.6 Å². The predicted octanol–water partition coefficient (Wildman–Crippen LogP) is 1.06. The topological polar surface area (TPSA) is 71.8 Å². The van der Waals surface area contributed by atoms with Gasteiger partial charge in [-0.15, -0.1) is 35.0 Å². The maximum Gasteiger partial charge on any atom is 0.237 e. The van der Waals surface area contributed by atoms with E-state index in [1.165, 1.54) is 0 Å². The highest BCUT2D eigenvalue weighted by Gasteiger charge is 2.28. The Balaban J connectivity index is 0.00000200. The van der Waals surface area contributed by atoms with Crippen molar-refractivity contribution in [2.45, 2.75) is 44.9 Å². The van der Waals surface area contributed by atoms with Gasteiger partial charge in [0.15, 0.2) is 0 Å². The summed E-state index contributed by atoms with van der Waals surface area (Å²) in [6.45, 7) is 5.47. The Bertz CT molecular complexity index is 443. The smallest absolute Gasteiger partial charge is 0.237 e. The molecule has 21 heavy (non-hydrogen) atoms. The second kappa shape index (κ2) is 9.17. The summed E-state index contributed by atoms with van der Waals surface area (Å²) in [5.41, 5.74) is 0. The summed E-state index contributed by atoms with van der Waals surface area (Å²) in [5, 5.41) is 13.6. The van der Waals surface area contributed by atoms with Crippen LogP contribution in [0, 0.1) is 0 Å². The van der Waals surface area contributed by atoms with Crippen LogP contribution in [0.2, 0.25) is 0 Å². The molecule has 0 spiro atoms. The van der Waals surface area contributed by atoms with Crippen molar-refractivity contribution in [2.24, 2.45) is 0 Å². The first kappa shape index (κ1) is 20.1. The van der Waals surface area contributed by atoms with Crippen molar-refractivity contribution in [3.63, 3.8) is 0 Å². The fourth-order valence-electron chi connectivity index (χ4n) is 2.20. The summed E-state index contributed by atoms with van der Waals surface area (Å²) in [4.78, 5) is 11.8. The van der Waals surface area contributed by atoms with Gasteiger partial charge < -0.3 is 15.2 Å². The zero-order valence-electron chi connectivity index (χ0n) is 12.1. The van der Waals surface area contributed by atoms with Crippen LogP contribution in [-0.2, 0) is 11.3 Å². The fourth-order valence-corrected chi connectivity index (χ4v) is 2.20. The lowest BCUT2D eigenvalue weighted by atomic mass is 10.2. The summed E-state index contributed by atoms with van der Waals surface area (Å²) in [6, 6.07) is -0.402. The van der Waals surface area contributed by atoms with Gasteiger partial charge in [-0.25, -0.2) is 4.39 Å². The van der Waals surface area contributed by atoms with Gasteiger partial charge in [0, 0.05) is 32.0 Å². The first-order valence-corrected chi connectivity index (χ1v) is 6.60. The van der Waals surface area contributed by atoms with E-state index in [0.29, 0.717) is 19.0 Å². The molecular formula is C12H22Cl2FN5O. The molecule has 1 aromatic heterocycles. The monoisotopic (exact) mass is 341 g/mol. The predicted molar refractivity (Wildman–Crippen MR) is 82.9 cm³/mol. The number of hydrogen-bond acceptors (Lipinski definition) is 4. The molecule has 1 saturated heterocycles. The molecule has 2 N–H and O–H groups in total. The molecule has 1 aliphatic rings. The number of hydrogen-bond donors (Lipinski definition) is 2. The van der Waals surface area contributed by atoms with Crippen molar-refractivity contribution in [1.82, 2.24) is 25.4 Å². The lowest BCUT2D eigenvalue weighted by Crippen LogP contribution is -2.41. The van der Waals surface area contributed by atoms with E-state index < -0.39 is 12.2 Å². The van der Waals surface area contributed by atoms with E-state index in [0.717, 1.165) is 5.82 Å². The standard InChI is InChI=1S/C12H20FN5O.2ClH/c1-8(2)11-17-16-7-18(11)4-3-14-12(19)10-5-9(13)6-15-10;;/h7-10,15H,3-6H2,1-2H3,(H,14,19);2*1H/t9-,10+;;/m0../s1. The minimum atomic E-state index is -0.916. The first-order valence-electron chi connectivity index (χ1n) is 6.60. The molecule has 1 fully saturated rings. The number of carbonyl (C=O) groups excluding carboxylic acids is 1. The Morgan fingerprint density at radius 3 is 2.86 bits per heavy atom. The van der Waals surface area contributed by atoms with Gasteiger partial charge >= 0.3 is 0 Å². The number of carbonyl (C=O) groups is 1. The largest absolute Gasteiger partial charge is 0.353 e. The number of aromatic nitrogens is 3. The zero-order chi connectivity index (χ0) is 13.8. The van der Waals surface area contributed by atoms with E-state index in [9.17, 15) is 9.18 Å². The van der Waals surface area contributed by atoms with Gasteiger partial charge in [-0.2, -0.15) is 0 Å². The Morgan fingerprint density at radius 1 is 1.57 bits per heavy atom. The van der Waals surface area contributed by atoms with Gasteiger partial charge in [0.2, 0.25) is 5.91 Å². The van der Waals surface area contributed by atoms with Gasteiger partial charge in [-0.05, 0) is 0 Å². The molecule has 6 nitrogen and oxygen atoms in total. The highest BCUT2D eigenvalue weighted by molar-refractivity contribution is 5.85. The maximum atomic E-state index is 13.0. The number of nitrogens with one attached hydrogen (secondary N) is 2. The lowest BCUT2D eigenvalue weighted by Gasteiger charge is -2.12. The summed E-state index contributed by atoms with van der Waals surface area (Å²) >= 11 is 0. The quantitative estimate of drug-likeness (QED) is 0.840. The Labute approximate surface area is 136 Å². The minimum Gasteiger partial charge on any atom is -0.353 e. The Kier molecular flexibility index (Phi) is 8.77. The molecular weight excluding hydrogens is 320 g/mol. The SMILES string of the molecule is CC(C)c1nncn1CCNC(=O)[C@H]1C[C@H](F)CN1.Cl.Cl. The van der Waals surface area contributed by atoms with E-state index in [4.69, 9.17) is 0 Å². The van der Waals surface area contributed by atoms with Crippen LogP contribution in [0.25, 0.3) is 0 Å². The molecule has 1 aliphatic heterocycles. The second-order valence-corrected chi connectivity index (χ2v) is 5.12. The van der Waals surface area contributed by atoms with E-state index in [-0.39, 0.29) is 43.7 Å². The van der Waals surface area contributed by atoms with Crippen LogP contribution in [-0.4, -0.2) is 46.0 Å². The molecule has 9 heteroatoms. The third-order valence-corrected chi connectivity index (χ3v) is 3.21. The molecule has 1 aromatic rings. The Hall–Kier alpha value is -0.920. The van der Waals surface area contributed by atoms with Crippen LogP contribution in [0.5, 0.6) is 0 Å². The molecule has 0 bridgehead atoms. The van der Waals surface area contributed by atoms with Crippen LogP contribution in [0.3, 0.4) is 0 Å². The van der Waals surface area contributed by atoms with Crippen molar-refractivity contribution >= 4 is 30.7 Å². The molecule has 0 aliphatic carbocycles. The summed E-state index contributed by atoms with van der Waals surface area (Å²) in [5.74, 6) is 1.05.